The Morgan fingerprint density at radius 3 is 2.85 bits per heavy atom. The monoisotopic (exact) mass is 393 g/mol. The number of para-hydroxylation sites is 1. The first-order valence-corrected chi connectivity index (χ1v) is 10.6. The van der Waals surface area contributed by atoms with E-state index in [0.717, 1.165) is 5.01 Å². The Labute approximate surface area is 156 Å². The third-order valence-corrected chi connectivity index (χ3v) is 7.71. The summed E-state index contributed by atoms with van der Waals surface area (Å²) in [5.74, 6) is 0.188. The molecule has 0 spiro atoms. The number of sulfonamides is 1. The van der Waals surface area contributed by atoms with Crippen LogP contribution in [0.15, 0.2) is 29.2 Å². The molecule has 2 aliphatic rings. The van der Waals surface area contributed by atoms with Crippen LogP contribution in [-0.2, 0) is 10.0 Å². The SMILES string of the molecule is Cc1nc(C)c(C(=O)N[C@H]2C[C@H]3COc4ccccc4S(=O)(=O)N3C2)s1. The fraction of sp³-hybridized carbons (Fsp3) is 0.412. The third-order valence-electron chi connectivity index (χ3n) is 4.68. The Morgan fingerprint density at radius 1 is 1.35 bits per heavy atom. The molecule has 26 heavy (non-hydrogen) atoms. The molecule has 7 nitrogen and oxygen atoms in total. The van der Waals surface area contributed by atoms with Gasteiger partial charge in [-0.25, -0.2) is 13.4 Å². The van der Waals surface area contributed by atoms with Crippen LogP contribution in [0.1, 0.15) is 26.8 Å². The molecular formula is C17H19N3O4S2. The van der Waals surface area contributed by atoms with Gasteiger partial charge >= 0.3 is 0 Å². The number of aryl methyl sites for hydroxylation is 2. The maximum atomic E-state index is 13.0. The van der Waals surface area contributed by atoms with E-state index in [1.54, 1.807) is 31.2 Å². The standard InChI is InChI=1S/C17H19N3O4S2/c1-10-16(25-11(2)18-10)17(21)19-12-7-13-9-24-14-5-3-4-6-15(14)26(22,23)20(13)8-12/h3-6,12-13H,7-9H2,1-2H3,(H,19,21)/t12-,13-/m0/s1. The van der Waals surface area contributed by atoms with E-state index in [2.05, 4.69) is 10.3 Å². The lowest BCUT2D eigenvalue weighted by molar-refractivity contribution is 0.0942. The second kappa shape index (κ2) is 6.33. The van der Waals surface area contributed by atoms with Gasteiger partial charge in [0.25, 0.3) is 5.91 Å². The molecule has 1 fully saturated rings. The number of benzene rings is 1. The van der Waals surface area contributed by atoms with Crippen LogP contribution in [-0.4, -0.2) is 48.8 Å². The maximum Gasteiger partial charge on any atom is 0.263 e. The zero-order valence-electron chi connectivity index (χ0n) is 14.4. The van der Waals surface area contributed by atoms with Crippen molar-refractivity contribution in [2.75, 3.05) is 13.2 Å². The zero-order valence-corrected chi connectivity index (χ0v) is 16.1. The highest BCUT2D eigenvalue weighted by molar-refractivity contribution is 7.89. The molecule has 4 rings (SSSR count). The summed E-state index contributed by atoms with van der Waals surface area (Å²) in [6.07, 6.45) is 0.524. The van der Waals surface area contributed by atoms with Gasteiger partial charge in [-0.3, -0.25) is 4.79 Å². The number of aromatic nitrogens is 1. The van der Waals surface area contributed by atoms with Crippen LogP contribution in [0.5, 0.6) is 5.75 Å². The number of carbonyl (C=O) groups is 1. The van der Waals surface area contributed by atoms with E-state index in [4.69, 9.17) is 4.74 Å². The predicted octanol–water partition coefficient (Wildman–Crippen LogP) is 1.71. The molecule has 2 aliphatic heterocycles. The molecule has 2 atom stereocenters. The van der Waals surface area contributed by atoms with Crippen molar-refractivity contribution in [2.24, 2.45) is 0 Å². The average Bonchev–Trinajstić information content (AvgIpc) is 3.13. The van der Waals surface area contributed by atoms with Gasteiger partial charge in [-0.1, -0.05) is 12.1 Å². The van der Waals surface area contributed by atoms with Crippen LogP contribution in [0.25, 0.3) is 0 Å². The summed E-state index contributed by atoms with van der Waals surface area (Å²) >= 11 is 1.35. The van der Waals surface area contributed by atoms with Gasteiger partial charge in [0, 0.05) is 12.6 Å². The van der Waals surface area contributed by atoms with Gasteiger partial charge in [-0.15, -0.1) is 11.3 Å². The number of thiazole rings is 1. The third kappa shape index (κ3) is 2.89. The molecule has 0 bridgehead atoms. The lowest BCUT2D eigenvalue weighted by Gasteiger charge is -2.19. The van der Waals surface area contributed by atoms with Gasteiger partial charge in [0.2, 0.25) is 10.0 Å². The number of ether oxygens (including phenoxy) is 1. The van der Waals surface area contributed by atoms with E-state index in [1.807, 2.05) is 6.92 Å². The lowest BCUT2D eigenvalue weighted by Crippen LogP contribution is -2.39. The van der Waals surface area contributed by atoms with Crippen LogP contribution in [0.3, 0.4) is 0 Å². The Morgan fingerprint density at radius 2 is 2.12 bits per heavy atom. The zero-order chi connectivity index (χ0) is 18.5. The summed E-state index contributed by atoms with van der Waals surface area (Å²) in [4.78, 5) is 17.6. The molecular weight excluding hydrogens is 374 g/mol. The minimum atomic E-state index is -3.65. The molecule has 1 aromatic carbocycles. The fourth-order valence-electron chi connectivity index (χ4n) is 3.52. The van der Waals surface area contributed by atoms with E-state index in [1.165, 1.54) is 15.6 Å². The van der Waals surface area contributed by atoms with Gasteiger partial charge in [0.05, 0.1) is 16.7 Å². The van der Waals surface area contributed by atoms with Crippen LogP contribution < -0.4 is 10.1 Å². The van der Waals surface area contributed by atoms with Crippen LogP contribution in [0.2, 0.25) is 0 Å². The Balaban J connectivity index is 1.55. The van der Waals surface area contributed by atoms with Gasteiger partial charge in [-0.05, 0) is 32.4 Å². The molecule has 0 radical (unpaired) electrons. The highest BCUT2D eigenvalue weighted by Crippen LogP contribution is 2.35. The van der Waals surface area contributed by atoms with E-state index >= 15 is 0 Å². The van der Waals surface area contributed by atoms with Gasteiger partial charge in [-0.2, -0.15) is 4.31 Å². The van der Waals surface area contributed by atoms with Crippen molar-refractivity contribution in [3.63, 3.8) is 0 Å². The van der Waals surface area contributed by atoms with E-state index in [0.29, 0.717) is 22.7 Å². The van der Waals surface area contributed by atoms with Crippen molar-refractivity contribution in [3.05, 3.63) is 39.8 Å². The van der Waals surface area contributed by atoms with Crippen molar-refractivity contribution in [1.29, 1.82) is 0 Å². The summed E-state index contributed by atoms with van der Waals surface area (Å²) in [6.45, 7) is 4.18. The Hall–Kier alpha value is -1.97. The van der Waals surface area contributed by atoms with Gasteiger partial charge < -0.3 is 10.1 Å². The van der Waals surface area contributed by atoms with E-state index in [9.17, 15) is 13.2 Å². The highest BCUT2D eigenvalue weighted by Gasteiger charge is 2.44. The number of carbonyl (C=O) groups excluding carboxylic acids is 1. The summed E-state index contributed by atoms with van der Waals surface area (Å²) in [7, 11) is -3.65. The summed E-state index contributed by atoms with van der Waals surface area (Å²) in [5, 5.41) is 3.79. The summed E-state index contributed by atoms with van der Waals surface area (Å²) in [6, 6.07) is 6.13. The molecule has 1 aromatic heterocycles. The van der Waals surface area contributed by atoms with Crippen molar-refractivity contribution in [2.45, 2.75) is 37.2 Å². The normalized spacial score (nSPS) is 24.2. The quantitative estimate of drug-likeness (QED) is 0.839. The molecule has 0 unspecified atom stereocenters. The molecule has 1 saturated heterocycles. The summed E-state index contributed by atoms with van der Waals surface area (Å²) < 4.78 is 33.1. The first-order chi connectivity index (χ1) is 12.4. The molecule has 138 valence electrons. The molecule has 0 saturated carbocycles. The topological polar surface area (TPSA) is 88.6 Å². The second-order valence-corrected chi connectivity index (χ2v) is 9.60. The van der Waals surface area contributed by atoms with Crippen LogP contribution >= 0.6 is 11.3 Å². The van der Waals surface area contributed by atoms with Crippen molar-refractivity contribution in [1.82, 2.24) is 14.6 Å². The molecule has 1 amide bonds. The molecule has 3 heterocycles. The van der Waals surface area contributed by atoms with Crippen molar-refractivity contribution < 1.29 is 17.9 Å². The number of amides is 1. The molecule has 1 N–H and O–H groups in total. The number of rotatable bonds is 2. The van der Waals surface area contributed by atoms with Crippen molar-refractivity contribution in [3.8, 4) is 5.75 Å². The van der Waals surface area contributed by atoms with E-state index in [-0.39, 0.29) is 36.0 Å². The number of hydrogen-bond donors (Lipinski definition) is 1. The lowest BCUT2D eigenvalue weighted by atomic mass is 10.2. The number of fused-ring (bicyclic) bond motifs is 2. The largest absolute Gasteiger partial charge is 0.490 e. The molecule has 2 aromatic rings. The summed E-state index contributed by atoms with van der Waals surface area (Å²) in [5.41, 5.74) is 0.697. The van der Waals surface area contributed by atoms with Crippen LogP contribution in [0.4, 0.5) is 0 Å². The Bertz CT molecular complexity index is 970. The first-order valence-electron chi connectivity index (χ1n) is 8.35. The first kappa shape index (κ1) is 17.4. The van der Waals surface area contributed by atoms with Gasteiger partial charge in [0.15, 0.2) is 0 Å². The smallest absolute Gasteiger partial charge is 0.263 e. The molecule has 0 aliphatic carbocycles. The van der Waals surface area contributed by atoms with Crippen LogP contribution in [0, 0.1) is 13.8 Å². The minimum Gasteiger partial charge on any atom is -0.490 e. The van der Waals surface area contributed by atoms with Gasteiger partial charge in [0.1, 0.15) is 22.1 Å². The number of hydrogen-bond acceptors (Lipinski definition) is 6. The van der Waals surface area contributed by atoms with Crippen molar-refractivity contribution >= 4 is 27.3 Å². The number of nitrogens with zero attached hydrogens (tertiary/aromatic N) is 2. The number of nitrogens with one attached hydrogen (secondary N) is 1. The average molecular weight is 393 g/mol. The fourth-order valence-corrected chi connectivity index (χ4v) is 6.15. The Kier molecular flexibility index (Phi) is 4.25. The minimum absolute atomic E-state index is 0.184. The molecule has 9 heteroatoms. The predicted molar refractivity (Wildman–Crippen MR) is 97.1 cm³/mol. The van der Waals surface area contributed by atoms with E-state index < -0.39 is 10.0 Å². The highest BCUT2D eigenvalue weighted by atomic mass is 32.2. The second-order valence-electron chi connectivity index (χ2n) is 6.54. The maximum absolute atomic E-state index is 13.0.